The molecule has 1 amide bonds. The third-order valence-corrected chi connectivity index (χ3v) is 4.60. The van der Waals surface area contributed by atoms with Crippen molar-refractivity contribution in [1.29, 1.82) is 0 Å². The topological polar surface area (TPSA) is 44.4 Å². The number of piperidine rings is 2. The maximum Gasteiger partial charge on any atom is 0.223 e. The maximum absolute atomic E-state index is 12.1. The lowest BCUT2D eigenvalue weighted by molar-refractivity contribution is -0.126. The molecule has 2 atom stereocenters. The molecule has 110 valence electrons. The van der Waals surface area contributed by atoms with Crippen molar-refractivity contribution in [2.24, 2.45) is 11.8 Å². The third kappa shape index (κ3) is 4.77. The standard InChI is InChI=1S/C15H29N3O/c1-12-4-8-18(9-5-12)10-7-17-15(19)14-3-6-16-13(2)11-14/h12-14,16H,3-11H2,1-2H3,(H,17,19). The Morgan fingerprint density at radius 1 is 1.26 bits per heavy atom. The number of hydrogen-bond donors (Lipinski definition) is 2. The van der Waals surface area contributed by atoms with Crippen LogP contribution in [0.4, 0.5) is 0 Å². The highest BCUT2D eigenvalue weighted by molar-refractivity contribution is 5.78. The minimum Gasteiger partial charge on any atom is -0.355 e. The molecule has 2 heterocycles. The van der Waals surface area contributed by atoms with Gasteiger partial charge in [-0.1, -0.05) is 6.92 Å². The zero-order valence-electron chi connectivity index (χ0n) is 12.5. The van der Waals surface area contributed by atoms with Crippen LogP contribution < -0.4 is 10.6 Å². The zero-order valence-corrected chi connectivity index (χ0v) is 12.5. The molecule has 0 aromatic rings. The van der Waals surface area contributed by atoms with Crippen LogP contribution in [0.5, 0.6) is 0 Å². The first-order valence-electron chi connectivity index (χ1n) is 7.88. The molecule has 4 heteroatoms. The maximum atomic E-state index is 12.1. The van der Waals surface area contributed by atoms with Crippen molar-refractivity contribution >= 4 is 5.91 Å². The highest BCUT2D eigenvalue weighted by Crippen LogP contribution is 2.16. The summed E-state index contributed by atoms with van der Waals surface area (Å²) in [6, 6.07) is 0.480. The number of amides is 1. The average Bonchev–Trinajstić information content (AvgIpc) is 2.41. The van der Waals surface area contributed by atoms with E-state index >= 15 is 0 Å². The molecular weight excluding hydrogens is 238 g/mol. The lowest BCUT2D eigenvalue weighted by Gasteiger charge is -2.31. The van der Waals surface area contributed by atoms with E-state index < -0.39 is 0 Å². The molecular formula is C15H29N3O. The van der Waals surface area contributed by atoms with E-state index in [0.717, 1.165) is 38.4 Å². The molecule has 0 spiro atoms. The van der Waals surface area contributed by atoms with Gasteiger partial charge in [-0.15, -0.1) is 0 Å². The average molecular weight is 267 g/mol. The molecule has 0 aromatic carbocycles. The van der Waals surface area contributed by atoms with Crippen LogP contribution in [0.2, 0.25) is 0 Å². The summed E-state index contributed by atoms with van der Waals surface area (Å²) in [5.74, 6) is 1.36. The lowest BCUT2D eigenvalue weighted by Crippen LogP contribution is -2.44. The highest BCUT2D eigenvalue weighted by atomic mass is 16.1. The van der Waals surface area contributed by atoms with Gasteiger partial charge in [0.15, 0.2) is 0 Å². The van der Waals surface area contributed by atoms with Crippen LogP contribution in [-0.2, 0) is 4.79 Å². The first-order chi connectivity index (χ1) is 9.15. The summed E-state index contributed by atoms with van der Waals surface area (Å²) in [7, 11) is 0. The van der Waals surface area contributed by atoms with Crippen LogP contribution in [0, 0.1) is 11.8 Å². The Morgan fingerprint density at radius 2 is 2.00 bits per heavy atom. The molecule has 2 aliphatic heterocycles. The first kappa shape index (κ1) is 14.8. The van der Waals surface area contributed by atoms with Gasteiger partial charge in [-0.25, -0.2) is 0 Å². The van der Waals surface area contributed by atoms with Gasteiger partial charge in [-0.05, 0) is 58.2 Å². The monoisotopic (exact) mass is 267 g/mol. The summed E-state index contributed by atoms with van der Waals surface area (Å²) < 4.78 is 0. The van der Waals surface area contributed by atoms with Gasteiger partial charge in [0.25, 0.3) is 0 Å². The Balaban J connectivity index is 1.61. The second kappa shape index (κ2) is 7.25. The van der Waals surface area contributed by atoms with Gasteiger partial charge in [-0.3, -0.25) is 4.79 Å². The predicted octanol–water partition coefficient (Wildman–Crippen LogP) is 1.22. The number of carbonyl (C=O) groups excluding carboxylic acids is 1. The van der Waals surface area contributed by atoms with Gasteiger partial charge in [0, 0.05) is 25.0 Å². The summed E-state index contributed by atoms with van der Waals surface area (Å²) in [6.45, 7) is 9.68. The molecule has 2 unspecified atom stereocenters. The highest BCUT2D eigenvalue weighted by Gasteiger charge is 2.24. The second-order valence-electron chi connectivity index (χ2n) is 6.39. The van der Waals surface area contributed by atoms with Crippen molar-refractivity contribution in [1.82, 2.24) is 15.5 Å². The Labute approximate surface area is 117 Å². The minimum atomic E-state index is 0.220. The van der Waals surface area contributed by atoms with Crippen LogP contribution in [0.3, 0.4) is 0 Å². The third-order valence-electron chi connectivity index (χ3n) is 4.60. The first-order valence-corrected chi connectivity index (χ1v) is 7.88. The fourth-order valence-electron chi connectivity index (χ4n) is 3.14. The van der Waals surface area contributed by atoms with E-state index in [2.05, 4.69) is 29.4 Å². The van der Waals surface area contributed by atoms with Gasteiger partial charge >= 0.3 is 0 Å². The van der Waals surface area contributed by atoms with Crippen molar-refractivity contribution in [3.63, 3.8) is 0 Å². The molecule has 0 aliphatic carbocycles. The number of nitrogens with zero attached hydrogens (tertiary/aromatic N) is 1. The zero-order chi connectivity index (χ0) is 13.7. The smallest absolute Gasteiger partial charge is 0.223 e. The number of nitrogens with one attached hydrogen (secondary N) is 2. The molecule has 2 saturated heterocycles. The molecule has 2 aliphatic rings. The molecule has 0 radical (unpaired) electrons. The van der Waals surface area contributed by atoms with E-state index in [1.807, 2.05) is 0 Å². The summed E-state index contributed by atoms with van der Waals surface area (Å²) in [5.41, 5.74) is 0. The Kier molecular flexibility index (Phi) is 5.64. The number of rotatable bonds is 4. The summed E-state index contributed by atoms with van der Waals surface area (Å²) >= 11 is 0. The van der Waals surface area contributed by atoms with Gasteiger partial charge in [0.1, 0.15) is 0 Å². The molecule has 0 aromatic heterocycles. The largest absolute Gasteiger partial charge is 0.355 e. The molecule has 2 fully saturated rings. The predicted molar refractivity (Wildman–Crippen MR) is 78.0 cm³/mol. The van der Waals surface area contributed by atoms with Crippen molar-refractivity contribution in [3.8, 4) is 0 Å². The van der Waals surface area contributed by atoms with Crippen LogP contribution in [0.1, 0.15) is 39.5 Å². The van der Waals surface area contributed by atoms with Gasteiger partial charge in [0.2, 0.25) is 5.91 Å². The molecule has 2 rings (SSSR count). The van der Waals surface area contributed by atoms with Gasteiger partial charge in [-0.2, -0.15) is 0 Å². The number of likely N-dealkylation sites (tertiary alicyclic amines) is 1. The lowest BCUT2D eigenvalue weighted by atomic mass is 9.92. The quantitative estimate of drug-likeness (QED) is 0.805. The van der Waals surface area contributed by atoms with Crippen molar-refractivity contribution in [2.75, 3.05) is 32.7 Å². The van der Waals surface area contributed by atoms with Crippen molar-refractivity contribution in [2.45, 2.75) is 45.6 Å². The van der Waals surface area contributed by atoms with Crippen molar-refractivity contribution in [3.05, 3.63) is 0 Å². The number of carbonyl (C=O) groups is 1. The Morgan fingerprint density at radius 3 is 2.68 bits per heavy atom. The fourth-order valence-corrected chi connectivity index (χ4v) is 3.14. The van der Waals surface area contributed by atoms with Crippen LogP contribution in [-0.4, -0.2) is 49.6 Å². The SMILES string of the molecule is CC1CCN(CCNC(=O)C2CCNC(C)C2)CC1. The van der Waals surface area contributed by atoms with Crippen LogP contribution in [0.15, 0.2) is 0 Å². The van der Waals surface area contributed by atoms with E-state index in [9.17, 15) is 4.79 Å². The van der Waals surface area contributed by atoms with Crippen LogP contribution >= 0.6 is 0 Å². The molecule has 2 N–H and O–H groups in total. The van der Waals surface area contributed by atoms with E-state index in [4.69, 9.17) is 0 Å². The van der Waals surface area contributed by atoms with Crippen LogP contribution in [0.25, 0.3) is 0 Å². The van der Waals surface area contributed by atoms with Crippen molar-refractivity contribution < 1.29 is 4.79 Å². The normalized spacial score (nSPS) is 30.2. The van der Waals surface area contributed by atoms with Gasteiger partial charge in [0.05, 0.1) is 0 Å². The fraction of sp³-hybridized carbons (Fsp3) is 0.933. The summed E-state index contributed by atoms with van der Waals surface area (Å²) in [4.78, 5) is 14.6. The van der Waals surface area contributed by atoms with Gasteiger partial charge < -0.3 is 15.5 Å². The van der Waals surface area contributed by atoms with E-state index in [-0.39, 0.29) is 11.8 Å². The second-order valence-corrected chi connectivity index (χ2v) is 6.39. The Hall–Kier alpha value is -0.610. The molecule has 4 nitrogen and oxygen atoms in total. The molecule has 0 bridgehead atoms. The molecule has 0 saturated carbocycles. The summed E-state index contributed by atoms with van der Waals surface area (Å²) in [6.07, 6.45) is 4.57. The van der Waals surface area contributed by atoms with E-state index in [1.54, 1.807) is 0 Å². The van der Waals surface area contributed by atoms with E-state index in [0.29, 0.717) is 6.04 Å². The van der Waals surface area contributed by atoms with E-state index in [1.165, 1.54) is 25.9 Å². The Bertz CT molecular complexity index is 287. The summed E-state index contributed by atoms with van der Waals surface area (Å²) in [5, 5.41) is 6.51. The minimum absolute atomic E-state index is 0.220. The molecule has 19 heavy (non-hydrogen) atoms. The number of hydrogen-bond acceptors (Lipinski definition) is 3.